The van der Waals surface area contributed by atoms with Crippen molar-refractivity contribution >= 4 is 5.96 Å². The van der Waals surface area contributed by atoms with Gasteiger partial charge in [-0.05, 0) is 25.2 Å². The van der Waals surface area contributed by atoms with Crippen molar-refractivity contribution in [1.82, 2.24) is 10.3 Å². The quantitative estimate of drug-likeness (QED) is 0.332. The van der Waals surface area contributed by atoms with Crippen molar-refractivity contribution in [2.45, 2.75) is 52.0 Å². The van der Waals surface area contributed by atoms with Gasteiger partial charge in [0.2, 0.25) is 5.96 Å². The summed E-state index contributed by atoms with van der Waals surface area (Å²) in [4.78, 5) is 6.80. The zero-order valence-corrected chi connectivity index (χ0v) is 10.9. The van der Waals surface area contributed by atoms with Crippen LogP contribution < -0.4 is 11.3 Å². The number of aliphatic imine (C=N–C) groups is 1. The van der Waals surface area contributed by atoms with E-state index in [2.05, 4.69) is 36.2 Å². The third kappa shape index (κ3) is 4.39. The molecule has 1 saturated carbocycles. The highest BCUT2D eigenvalue weighted by molar-refractivity contribution is 5.79. The van der Waals surface area contributed by atoms with E-state index < -0.39 is 0 Å². The maximum atomic E-state index is 5.54. The molecule has 0 amide bonds. The van der Waals surface area contributed by atoms with Gasteiger partial charge in [0.15, 0.2) is 0 Å². The summed E-state index contributed by atoms with van der Waals surface area (Å²) in [5.74, 6) is 7.09. The summed E-state index contributed by atoms with van der Waals surface area (Å²) in [5.41, 5.74) is 2.73. The lowest BCUT2D eigenvalue weighted by molar-refractivity contribution is 0.421. The average molecular weight is 226 g/mol. The van der Waals surface area contributed by atoms with Crippen molar-refractivity contribution in [2.75, 3.05) is 13.6 Å². The highest BCUT2D eigenvalue weighted by Gasteiger charge is 2.15. The second-order valence-corrected chi connectivity index (χ2v) is 5.14. The molecular weight excluding hydrogens is 200 g/mol. The molecule has 1 aliphatic rings. The molecule has 0 heterocycles. The molecule has 4 nitrogen and oxygen atoms in total. The topological polar surface area (TPSA) is 53.6 Å². The summed E-state index contributed by atoms with van der Waals surface area (Å²) >= 11 is 0. The number of nitrogens with two attached hydrogens (primary N) is 1. The van der Waals surface area contributed by atoms with Gasteiger partial charge in [-0.2, -0.15) is 0 Å². The molecule has 0 aromatic carbocycles. The second kappa shape index (κ2) is 6.74. The van der Waals surface area contributed by atoms with Crippen LogP contribution in [-0.2, 0) is 0 Å². The van der Waals surface area contributed by atoms with E-state index in [1.54, 1.807) is 0 Å². The summed E-state index contributed by atoms with van der Waals surface area (Å²) in [6.07, 6.45) is 6.21. The van der Waals surface area contributed by atoms with Crippen molar-refractivity contribution < 1.29 is 0 Å². The molecule has 16 heavy (non-hydrogen) atoms. The molecular formula is C12H26N4. The van der Waals surface area contributed by atoms with Crippen molar-refractivity contribution in [2.24, 2.45) is 16.8 Å². The molecule has 1 rings (SSSR count). The van der Waals surface area contributed by atoms with E-state index in [4.69, 9.17) is 5.84 Å². The van der Waals surface area contributed by atoms with Crippen LogP contribution in [0.15, 0.2) is 4.99 Å². The number of rotatable bonds is 4. The molecule has 0 aromatic rings. The number of hydrazine groups is 1. The van der Waals surface area contributed by atoms with Crippen molar-refractivity contribution in [1.29, 1.82) is 0 Å². The Labute approximate surface area is 99.3 Å². The minimum atomic E-state index is 0.479. The van der Waals surface area contributed by atoms with Crippen LogP contribution in [0.25, 0.3) is 0 Å². The SMILES string of the molecule is CC(C)CCN(C)C(=NC1CCCC1)NN. The molecule has 0 radical (unpaired) electrons. The van der Waals surface area contributed by atoms with Gasteiger partial charge < -0.3 is 4.90 Å². The third-order valence-electron chi connectivity index (χ3n) is 3.16. The van der Waals surface area contributed by atoms with Gasteiger partial charge in [-0.3, -0.25) is 5.43 Å². The van der Waals surface area contributed by atoms with Crippen LogP contribution in [0.4, 0.5) is 0 Å². The molecule has 0 spiro atoms. The van der Waals surface area contributed by atoms with Gasteiger partial charge in [0.05, 0.1) is 6.04 Å². The molecule has 0 bridgehead atoms. The molecule has 4 heteroatoms. The lowest BCUT2D eigenvalue weighted by atomic mass is 10.1. The zero-order chi connectivity index (χ0) is 12.0. The number of nitrogens with one attached hydrogen (secondary N) is 1. The molecule has 0 saturated heterocycles. The fraction of sp³-hybridized carbons (Fsp3) is 0.917. The van der Waals surface area contributed by atoms with Gasteiger partial charge in [0.1, 0.15) is 0 Å². The van der Waals surface area contributed by atoms with Gasteiger partial charge in [-0.15, -0.1) is 0 Å². The van der Waals surface area contributed by atoms with Crippen LogP contribution in [0, 0.1) is 5.92 Å². The average Bonchev–Trinajstić information content (AvgIpc) is 2.75. The van der Waals surface area contributed by atoms with E-state index in [0.717, 1.165) is 12.5 Å². The highest BCUT2D eigenvalue weighted by Crippen LogP contribution is 2.21. The van der Waals surface area contributed by atoms with E-state index in [0.29, 0.717) is 12.0 Å². The minimum absolute atomic E-state index is 0.479. The van der Waals surface area contributed by atoms with E-state index in [1.165, 1.54) is 32.1 Å². The first kappa shape index (κ1) is 13.3. The third-order valence-corrected chi connectivity index (χ3v) is 3.16. The largest absolute Gasteiger partial charge is 0.345 e. The first-order chi connectivity index (χ1) is 7.63. The van der Waals surface area contributed by atoms with Crippen molar-refractivity contribution in [3.63, 3.8) is 0 Å². The number of guanidine groups is 1. The first-order valence-electron chi connectivity index (χ1n) is 6.39. The lowest BCUT2D eigenvalue weighted by Gasteiger charge is -2.22. The van der Waals surface area contributed by atoms with E-state index in [-0.39, 0.29) is 0 Å². The van der Waals surface area contributed by atoms with Gasteiger partial charge >= 0.3 is 0 Å². The Morgan fingerprint density at radius 2 is 2.06 bits per heavy atom. The molecule has 0 unspecified atom stereocenters. The second-order valence-electron chi connectivity index (χ2n) is 5.14. The molecule has 1 aliphatic carbocycles. The Kier molecular flexibility index (Phi) is 5.60. The van der Waals surface area contributed by atoms with Gasteiger partial charge in [0.25, 0.3) is 0 Å². The van der Waals surface area contributed by atoms with E-state index >= 15 is 0 Å². The molecule has 94 valence electrons. The minimum Gasteiger partial charge on any atom is -0.345 e. The predicted molar refractivity (Wildman–Crippen MR) is 69.1 cm³/mol. The first-order valence-corrected chi connectivity index (χ1v) is 6.39. The van der Waals surface area contributed by atoms with Crippen LogP contribution in [0.5, 0.6) is 0 Å². The van der Waals surface area contributed by atoms with E-state index in [1.807, 2.05) is 0 Å². The van der Waals surface area contributed by atoms with Gasteiger partial charge in [0, 0.05) is 13.6 Å². The summed E-state index contributed by atoms with van der Waals surface area (Å²) in [6, 6.07) is 0.479. The molecule has 0 atom stereocenters. The molecule has 3 N–H and O–H groups in total. The van der Waals surface area contributed by atoms with Crippen LogP contribution >= 0.6 is 0 Å². The monoisotopic (exact) mass is 226 g/mol. The Morgan fingerprint density at radius 1 is 1.44 bits per heavy atom. The maximum Gasteiger partial charge on any atom is 0.208 e. The Hall–Kier alpha value is -0.770. The zero-order valence-electron chi connectivity index (χ0n) is 10.9. The smallest absolute Gasteiger partial charge is 0.208 e. The predicted octanol–water partition coefficient (Wildman–Crippen LogP) is 1.73. The molecule has 1 fully saturated rings. The standard InChI is InChI=1S/C12H26N4/c1-10(2)8-9-16(3)12(15-13)14-11-6-4-5-7-11/h10-11H,4-9,13H2,1-3H3,(H,14,15). The fourth-order valence-electron chi connectivity index (χ4n) is 2.01. The van der Waals surface area contributed by atoms with Crippen LogP contribution in [0.1, 0.15) is 46.0 Å². The highest BCUT2D eigenvalue weighted by atomic mass is 15.4. The van der Waals surface area contributed by atoms with Crippen LogP contribution in [-0.4, -0.2) is 30.5 Å². The number of hydrogen-bond donors (Lipinski definition) is 2. The number of nitrogens with zero attached hydrogens (tertiary/aromatic N) is 2. The Bertz CT molecular complexity index is 219. The van der Waals surface area contributed by atoms with E-state index in [9.17, 15) is 0 Å². The van der Waals surface area contributed by atoms with Crippen molar-refractivity contribution in [3.8, 4) is 0 Å². The normalized spacial score (nSPS) is 18.2. The number of hydrogen-bond acceptors (Lipinski definition) is 2. The molecule has 0 aliphatic heterocycles. The summed E-state index contributed by atoms with van der Waals surface area (Å²) in [7, 11) is 2.05. The van der Waals surface area contributed by atoms with Gasteiger partial charge in [-0.1, -0.05) is 26.7 Å². The molecule has 0 aromatic heterocycles. The fourth-order valence-corrected chi connectivity index (χ4v) is 2.01. The summed E-state index contributed by atoms with van der Waals surface area (Å²) in [5, 5.41) is 0. The Balaban J connectivity index is 2.44. The lowest BCUT2D eigenvalue weighted by Crippen LogP contribution is -2.44. The summed E-state index contributed by atoms with van der Waals surface area (Å²) in [6.45, 7) is 5.47. The summed E-state index contributed by atoms with van der Waals surface area (Å²) < 4.78 is 0. The van der Waals surface area contributed by atoms with Gasteiger partial charge in [-0.25, -0.2) is 10.8 Å². The Morgan fingerprint density at radius 3 is 2.56 bits per heavy atom. The van der Waals surface area contributed by atoms with Crippen LogP contribution in [0.3, 0.4) is 0 Å². The maximum absolute atomic E-state index is 5.54. The van der Waals surface area contributed by atoms with Crippen molar-refractivity contribution in [3.05, 3.63) is 0 Å². The van der Waals surface area contributed by atoms with Crippen LogP contribution in [0.2, 0.25) is 0 Å².